The summed E-state index contributed by atoms with van der Waals surface area (Å²) in [4.78, 5) is 13.8. The predicted molar refractivity (Wildman–Crippen MR) is 130 cm³/mol. The summed E-state index contributed by atoms with van der Waals surface area (Å²) in [6, 6.07) is 6.06. The van der Waals surface area contributed by atoms with E-state index in [1.165, 1.54) is 25.7 Å². The van der Waals surface area contributed by atoms with Crippen LogP contribution in [0.25, 0.3) is 10.9 Å². The highest BCUT2D eigenvalue weighted by Crippen LogP contribution is 2.49. The zero-order chi connectivity index (χ0) is 23.0. The zero-order valence-electron chi connectivity index (χ0n) is 20.0. The van der Waals surface area contributed by atoms with Gasteiger partial charge in [0.1, 0.15) is 5.82 Å². The largest absolute Gasteiger partial charge is 0.395 e. The third-order valence-electron chi connectivity index (χ3n) is 8.13. The highest BCUT2D eigenvalue weighted by Gasteiger charge is 2.48. The van der Waals surface area contributed by atoms with E-state index in [2.05, 4.69) is 16.0 Å². The van der Waals surface area contributed by atoms with Gasteiger partial charge in [-0.1, -0.05) is 12.8 Å². The van der Waals surface area contributed by atoms with Crippen molar-refractivity contribution in [1.82, 2.24) is 9.97 Å². The summed E-state index contributed by atoms with van der Waals surface area (Å²) in [6.45, 7) is 2.51. The van der Waals surface area contributed by atoms with E-state index < -0.39 is 5.67 Å². The molecule has 3 aliphatic rings. The molecule has 2 saturated carbocycles. The third kappa shape index (κ3) is 4.54. The lowest BCUT2D eigenvalue weighted by Crippen LogP contribution is -2.41. The molecule has 2 unspecified atom stereocenters. The van der Waals surface area contributed by atoms with E-state index in [9.17, 15) is 5.11 Å². The number of piperidine rings is 1. The molecule has 2 heterocycles. The molecule has 1 aromatic carbocycles. The minimum Gasteiger partial charge on any atom is -0.395 e. The van der Waals surface area contributed by atoms with Gasteiger partial charge in [0.15, 0.2) is 11.5 Å². The summed E-state index contributed by atoms with van der Waals surface area (Å²) in [5.74, 6) is 2.54. The van der Waals surface area contributed by atoms with Crippen molar-refractivity contribution in [1.29, 1.82) is 0 Å². The summed E-state index contributed by atoms with van der Waals surface area (Å²) < 4.78 is 20.9. The van der Waals surface area contributed by atoms with Crippen molar-refractivity contribution >= 4 is 22.4 Å². The van der Waals surface area contributed by atoms with Gasteiger partial charge in [-0.15, -0.1) is 0 Å². The SMILES string of the molecule is COC1CCCCC1C1CCN(c2nc(C3(F)CC3)nc3ccc(N(C)CCO)cc23)CC1. The topological polar surface area (TPSA) is 61.7 Å². The van der Waals surface area contributed by atoms with Crippen molar-refractivity contribution in [2.75, 3.05) is 50.2 Å². The van der Waals surface area contributed by atoms with Gasteiger partial charge in [0, 0.05) is 44.9 Å². The molecule has 3 fully saturated rings. The second-order valence-corrected chi connectivity index (χ2v) is 10.2. The van der Waals surface area contributed by atoms with E-state index in [4.69, 9.17) is 9.72 Å². The zero-order valence-corrected chi connectivity index (χ0v) is 20.0. The number of hydrogen-bond acceptors (Lipinski definition) is 6. The number of alkyl halides is 1. The summed E-state index contributed by atoms with van der Waals surface area (Å²) in [5.41, 5.74) is 0.450. The van der Waals surface area contributed by atoms with Gasteiger partial charge >= 0.3 is 0 Å². The number of rotatable bonds is 7. The Morgan fingerprint density at radius 1 is 1.15 bits per heavy atom. The van der Waals surface area contributed by atoms with Gasteiger partial charge in [0.2, 0.25) is 0 Å². The molecule has 1 saturated heterocycles. The van der Waals surface area contributed by atoms with Crippen molar-refractivity contribution < 1.29 is 14.2 Å². The van der Waals surface area contributed by atoms with Gasteiger partial charge in [-0.05, 0) is 68.6 Å². The highest BCUT2D eigenvalue weighted by atomic mass is 19.1. The quantitative estimate of drug-likeness (QED) is 0.665. The fraction of sp³-hybridized carbons (Fsp3) is 0.692. The van der Waals surface area contributed by atoms with Crippen molar-refractivity contribution in [2.45, 2.75) is 63.1 Å². The van der Waals surface area contributed by atoms with Crippen molar-refractivity contribution in [3.05, 3.63) is 24.0 Å². The number of methoxy groups -OCH3 is 1. The molecule has 1 N–H and O–H groups in total. The first-order valence-corrected chi connectivity index (χ1v) is 12.6. The van der Waals surface area contributed by atoms with E-state index in [0.29, 0.717) is 43.2 Å². The minimum atomic E-state index is -1.36. The number of aliphatic hydroxyl groups is 1. The molecule has 1 aliphatic heterocycles. The number of aromatic nitrogens is 2. The first-order chi connectivity index (χ1) is 16.0. The molecule has 6 nitrogen and oxygen atoms in total. The molecule has 33 heavy (non-hydrogen) atoms. The molecule has 0 amide bonds. The second-order valence-electron chi connectivity index (χ2n) is 10.2. The molecule has 7 heteroatoms. The Hall–Kier alpha value is -1.99. The van der Waals surface area contributed by atoms with E-state index in [0.717, 1.165) is 48.3 Å². The maximum absolute atomic E-state index is 15.0. The molecule has 5 rings (SSSR count). The fourth-order valence-electron chi connectivity index (χ4n) is 5.89. The van der Waals surface area contributed by atoms with E-state index in [1.54, 1.807) is 0 Å². The standard InChI is InChI=1S/C26H37FN4O2/c1-30(15-16-32)19-7-8-22-21(17-19)24(29-25(28-22)26(27)11-12-26)31-13-9-18(10-14-31)20-5-3-4-6-23(20)33-2/h7-8,17-18,20,23,32H,3-6,9-16H2,1-2H3. The van der Waals surface area contributed by atoms with Crippen LogP contribution in [0.3, 0.4) is 0 Å². The van der Waals surface area contributed by atoms with Crippen molar-refractivity contribution in [3.8, 4) is 0 Å². The van der Waals surface area contributed by atoms with Crippen LogP contribution in [0.5, 0.6) is 0 Å². The number of benzene rings is 1. The van der Waals surface area contributed by atoms with Gasteiger partial charge in [0.25, 0.3) is 0 Å². The number of hydrogen-bond donors (Lipinski definition) is 1. The van der Waals surface area contributed by atoms with Crippen molar-refractivity contribution in [3.63, 3.8) is 0 Å². The highest BCUT2D eigenvalue weighted by molar-refractivity contribution is 5.92. The minimum absolute atomic E-state index is 0.0956. The van der Waals surface area contributed by atoms with Crippen LogP contribution in [0.15, 0.2) is 18.2 Å². The number of likely N-dealkylation sites (N-methyl/N-ethyl adjacent to an activating group) is 1. The third-order valence-corrected chi connectivity index (χ3v) is 8.13. The van der Waals surface area contributed by atoms with Gasteiger partial charge in [-0.2, -0.15) is 0 Å². The first kappa shape index (κ1) is 22.8. The van der Waals surface area contributed by atoms with Gasteiger partial charge in [-0.3, -0.25) is 0 Å². The average Bonchev–Trinajstić information content (AvgIpc) is 3.61. The van der Waals surface area contributed by atoms with E-state index in [1.807, 2.05) is 31.2 Å². The number of halogens is 1. The maximum Gasteiger partial charge on any atom is 0.170 e. The van der Waals surface area contributed by atoms with Gasteiger partial charge in [-0.25, -0.2) is 14.4 Å². The monoisotopic (exact) mass is 456 g/mol. The number of anilines is 2. The van der Waals surface area contributed by atoms with Crippen LogP contribution < -0.4 is 9.80 Å². The Bertz CT molecular complexity index is 974. The predicted octanol–water partition coefficient (Wildman–Crippen LogP) is 4.44. The number of fused-ring (bicyclic) bond motifs is 1. The lowest BCUT2D eigenvalue weighted by Gasteiger charge is -2.41. The molecular formula is C26H37FN4O2. The average molecular weight is 457 g/mol. The summed E-state index contributed by atoms with van der Waals surface area (Å²) in [6.07, 6.45) is 8.71. The Kier molecular flexibility index (Phi) is 6.45. The molecule has 0 bridgehead atoms. The summed E-state index contributed by atoms with van der Waals surface area (Å²) in [5, 5.41) is 10.3. The van der Waals surface area contributed by atoms with Crippen molar-refractivity contribution in [2.24, 2.45) is 11.8 Å². The van der Waals surface area contributed by atoms with Crippen LogP contribution in [0.2, 0.25) is 0 Å². The summed E-state index contributed by atoms with van der Waals surface area (Å²) in [7, 11) is 3.83. The molecule has 1 aromatic heterocycles. The molecule has 2 aromatic rings. The van der Waals surface area contributed by atoms with Crippen LogP contribution in [-0.4, -0.2) is 61.6 Å². The summed E-state index contributed by atoms with van der Waals surface area (Å²) >= 11 is 0. The molecule has 2 aliphatic carbocycles. The van der Waals surface area contributed by atoms with Gasteiger partial charge in [0.05, 0.1) is 18.2 Å². The van der Waals surface area contributed by atoms with Crippen LogP contribution >= 0.6 is 0 Å². The van der Waals surface area contributed by atoms with E-state index in [-0.39, 0.29) is 6.61 Å². The molecule has 0 radical (unpaired) electrons. The molecule has 0 spiro atoms. The molecular weight excluding hydrogens is 419 g/mol. The Labute approximate surface area is 196 Å². The van der Waals surface area contributed by atoms with Crippen LogP contribution in [0, 0.1) is 11.8 Å². The maximum atomic E-state index is 15.0. The second kappa shape index (κ2) is 9.34. The van der Waals surface area contributed by atoms with E-state index >= 15 is 4.39 Å². The number of aliphatic hydroxyl groups excluding tert-OH is 1. The Morgan fingerprint density at radius 3 is 2.61 bits per heavy atom. The van der Waals surface area contributed by atoms with Crippen LogP contribution in [0.1, 0.15) is 57.2 Å². The smallest absolute Gasteiger partial charge is 0.170 e. The fourth-order valence-corrected chi connectivity index (χ4v) is 5.89. The first-order valence-electron chi connectivity index (χ1n) is 12.6. The Morgan fingerprint density at radius 2 is 1.91 bits per heavy atom. The van der Waals surface area contributed by atoms with Crippen LogP contribution in [0.4, 0.5) is 15.9 Å². The molecule has 180 valence electrons. The normalized spacial score (nSPS) is 25.4. The number of nitrogens with zero attached hydrogens (tertiary/aromatic N) is 4. The Balaban J connectivity index is 1.43. The lowest BCUT2D eigenvalue weighted by molar-refractivity contribution is -0.00632. The van der Waals surface area contributed by atoms with Crippen LogP contribution in [-0.2, 0) is 10.4 Å². The lowest BCUT2D eigenvalue weighted by atomic mass is 9.74. The number of ether oxygens (including phenoxy) is 1. The van der Waals surface area contributed by atoms with Gasteiger partial charge < -0.3 is 19.6 Å². The molecule has 2 atom stereocenters.